The molecule has 1 aliphatic heterocycles. The fourth-order valence-corrected chi connectivity index (χ4v) is 2.02. The summed E-state index contributed by atoms with van der Waals surface area (Å²) in [6.45, 7) is 3.69. The lowest BCUT2D eigenvalue weighted by Crippen LogP contribution is -2.30. The third kappa shape index (κ3) is 2.91. The van der Waals surface area contributed by atoms with Crippen molar-refractivity contribution in [2.45, 2.75) is 13.8 Å². The van der Waals surface area contributed by atoms with E-state index in [-0.39, 0.29) is 17.6 Å². The number of imide groups is 1. The Morgan fingerprint density at radius 1 is 1.30 bits per heavy atom. The molecular formula is C16H15NO3. The Bertz CT molecular complexity index is 641. The molecule has 0 saturated heterocycles. The summed E-state index contributed by atoms with van der Waals surface area (Å²) >= 11 is 0. The third-order valence-corrected chi connectivity index (χ3v) is 3.14. The van der Waals surface area contributed by atoms with Crippen molar-refractivity contribution in [1.82, 2.24) is 4.90 Å². The highest BCUT2D eigenvalue weighted by molar-refractivity contribution is 6.08. The molecule has 0 bridgehead atoms. The summed E-state index contributed by atoms with van der Waals surface area (Å²) in [5, 5.41) is 0. The van der Waals surface area contributed by atoms with Crippen LogP contribution < -0.4 is 0 Å². The number of aryl methyl sites for hydroxylation is 1. The first-order valence-electron chi connectivity index (χ1n) is 6.30. The van der Waals surface area contributed by atoms with E-state index < -0.39 is 0 Å². The van der Waals surface area contributed by atoms with Crippen molar-refractivity contribution in [2.75, 3.05) is 6.54 Å². The van der Waals surface area contributed by atoms with Crippen LogP contribution in [0.2, 0.25) is 0 Å². The highest BCUT2D eigenvalue weighted by Gasteiger charge is 2.19. The summed E-state index contributed by atoms with van der Waals surface area (Å²) in [6.07, 6.45) is 5.98. The van der Waals surface area contributed by atoms with Crippen LogP contribution in [0.4, 0.5) is 0 Å². The van der Waals surface area contributed by atoms with Gasteiger partial charge in [-0.2, -0.15) is 0 Å². The molecule has 4 heteroatoms. The van der Waals surface area contributed by atoms with Gasteiger partial charge in [0.1, 0.15) is 0 Å². The highest BCUT2D eigenvalue weighted by Crippen LogP contribution is 2.13. The van der Waals surface area contributed by atoms with Crippen molar-refractivity contribution >= 4 is 23.7 Å². The fraction of sp³-hybridized carbons (Fsp3) is 0.188. The average Bonchev–Trinajstić information content (AvgIpc) is 2.83. The topological polar surface area (TPSA) is 54.5 Å². The number of Topliss-reactive ketones (excluding diaryl/α,β-unsaturated/α-hetero) is 1. The van der Waals surface area contributed by atoms with Crippen LogP contribution in [-0.4, -0.2) is 29.0 Å². The summed E-state index contributed by atoms with van der Waals surface area (Å²) in [5.41, 5.74) is 2.30. The zero-order valence-electron chi connectivity index (χ0n) is 11.4. The minimum Gasteiger partial charge on any atom is -0.295 e. The van der Waals surface area contributed by atoms with E-state index in [4.69, 9.17) is 0 Å². The maximum Gasteiger partial charge on any atom is 0.253 e. The van der Waals surface area contributed by atoms with Crippen molar-refractivity contribution < 1.29 is 14.4 Å². The molecule has 1 aromatic carbocycles. The Morgan fingerprint density at radius 3 is 2.65 bits per heavy atom. The van der Waals surface area contributed by atoms with E-state index in [1.807, 2.05) is 19.1 Å². The molecule has 0 N–H and O–H groups in total. The van der Waals surface area contributed by atoms with Crippen LogP contribution in [0.1, 0.15) is 28.4 Å². The molecule has 1 aromatic rings. The molecule has 0 aliphatic carbocycles. The van der Waals surface area contributed by atoms with Crippen LogP contribution in [0, 0.1) is 6.92 Å². The molecule has 1 heterocycles. The first-order valence-corrected chi connectivity index (χ1v) is 6.30. The average molecular weight is 269 g/mol. The van der Waals surface area contributed by atoms with Gasteiger partial charge in [-0.1, -0.05) is 18.2 Å². The van der Waals surface area contributed by atoms with Crippen LogP contribution >= 0.6 is 0 Å². The first-order chi connectivity index (χ1) is 9.49. The molecule has 0 saturated carbocycles. The lowest BCUT2D eigenvalue weighted by Gasteiger charge is -2.10. The van der Waals surface area contributed by atoms with Crippen molar-refractivity contribution in [2.24, 2.45) is 0 Å². The number of rotatable bonds is 3. The number of carbonyl (C=O) groups excluding carboxylic acids is 3. The van der Waals surface area contributed by atoms with Crippen LogP contribution in [0.15, 0.2) is 36.4 Å². The van der Waals surface area contributed by atoms with E-state index in [9.17, 15) is 14.4 Å². The minimum atomic E-state index is -0.357. The second kappa shape index (κ2) is 5.65. The van der Waals surface area contributed by atoms with Gasteiger partial charge >= 0.3 is 0 Å². The molecule has 0 fully saturated rings. The second-order valence-electron chi connectivity index (χ2n) is 4.65. The normalized spacial score (nSPS) is 14.3. The maximum absolute atomic E-state index is 11.8. The lowest BCUT2D eigenvalue weighted by atomic mass is 10.0. The Balaban J connectivity index is 2.15. The minimum absolute atomic E-state index is 0.0111. The van der Waals surface area contributed by atoms with Gasteiger partial charge in [0.25, 0.3) is 11.8 Å². The Hall–Kier alpha value is -2.49. The molecular weight excluding hydrogens is 254 g/mol. The van der Waals surface area contributed by atoms with E-state index in [1.165, 1.54) is 19.1 Å². The SMILES string of the molecule is CC(=O)c1cc(/C=C/C(=O)N2CC=CC2=O)ccc1C. The van der Waals surface area contributed by atoms with Gasteiger partial charge in [0.2, 0.25) is 0 Å². The Labute approximate surface area is 117 Å². The smallest absolute Gasteiger partial charge is 0.253 e. The molecule has 0 spiro atoms. The molecule has 0 unspecified atom stereocenters. The van der Waals surface area contributed by atoms with Crippen molar-refractivity contribution in [3.63, 3.8) is 0 Å². The van der Waals surface area contributed by atoms with Gasteiger partial charge in [0.05, 0.1) is 0 Å². The van der Waals surface area contributed by atoms with E-state index in [0.717, 1.165) is 16.0 Å². The molecule has 0 radical (unpaired) electrons. The maximum atomic E-state index is 11.8. The van der Waals surface area contributed by atoms with Gasteiger partial charge in [-0.15, -0.1) is 0 Å². The van der Waals surface area contributed by atoms with Crippen LogP contribution in [0.3, 0.4) is 0 Å². The van der Waals surface area contributed by atoms with Gasteiger partial charge < -0.3 is 0 Å². The summed E-state index contributed by atoms with van der Waals surface area (Å²) in [5.74, 6) is -0.666. The van der Waals surface area contributed by atoms with Crippen molar-refractivity contribution in [3.05, 3.63) is 53.1 Å². The van der Waals surface area contributed by atoms with Gasteiger partial charge in [-0.05, 0) is 37.1 Å². The van der Waals surface area contributed by atoms with Gasteiger partial charge in [-0.25, -0.2) is 0 Å². The van der Waals surface area contributed by atoms with Gasteiger partial charge in [0, 0.05) is 24.3 Å². The van der Waals surface area contributed by atoms with Gasteiger partial charge in [0.15, 0.2) is 5.78 Å². The van der Waals surface area contributed by atoms with E-state index in [1.54, 1.807) is 18.2 Å². The molecule has 102 valence electrons. The number of hydrogen-bond donors (Lipinski definition) is 0. The van der Waals surface area contributed by atoms with Crippen molar-refractivity contribution in [3.8, 4) is 0 Å². The van der Waals surface area contributed by atoms with E-state index >= 15 is 0 Å². The molecule has 0 aromatic heterocycles. The lowest BCUT2D eigenvalue weighted by molar-refractivity contribution is -0.137. The highest BCUT2D eigenvalue weighted by atomic mass is 16.2. The van der Waals surface area contributed by atoms with E-state index in [2.05, 4.69) is 0 Å². The van der Waals surface area contributed by atoms with E-state index in [0.29, 0.717) is 12.1 Å². The molecule has 4 nitrogen and oxygen atoms in total. The van der Waals surface area contributed by atoms with Crippen LogP contribution in [0.25, 0.3) is 6.08 Å². The number of amides is 2. The first kappa shape index (κ1) is 13.9. The second-order valence-corrected chi connectivity index (χ2v) is 4.65. The number of hydrogen-bond acceptors (Lipinski definition) is 3. The van der Waals surface area contributed by atoms with Crippen LogP contribution in [-0.2, 0) is 9.59 Å². The monoisotopic (exact) mass is 269 g/mol. The predicted molar refractivity (Wildman–Crippen MR) is 76.1 cm³/mol. The summed E-state index contributed by atoms with van der Waals surface area (Å²) in [4.78, 5) is 35.8. The number of benzene rings is 1. The zero-order valence-corrected chi connectivity index (χ0v) is 11.4. The predicted octanol–water partition coefficient (Wildman–Crippen LogP) is 2.14. The zero-order chi connectivity index (χ0) is 14.7. The fourth-order valence-electron chi connectivity index (χ4n) is 2.02. The molecule has 0 atom stereocenters. The molecule has 20 heavy (non-hydrogen) atoms. The summed E-state index contributed by atoms with van der Waals surface area (Å²) in [6, 6.07) is 5.41. The van der Waals surface area contributed by atoms with Gasteiger partial charge in [-0.3, -0.25) is 19.3 Å². The molecule has 1 aliphatic rings. The standard InChI is InChI=1S/C16H15NO3/c1-11-5-6-13(10-14(11)12(2)18)7-8-16(20)17-9-3-4-15(17)19/h3-8,10H,9H2,1-2H3/b8-7+. The largest absolute Gasteiger partial charge is 0.295 e. The number of nitrogens with zero attached hydrogens (tertiary/aromatic N) is 1. The third-order valence-electron chi connectivity index (χ3n) is 3.14. The van der Waals surface area contributed by atoms with Crippen LogP contribution in [0.5, 0.6) is 0 Å². The number of ketones is 1. The van der Waals surface area contributed by atoms with Crippen molar-refractivity contribution in [1.29, 1.82) is 0 Å². The summed E-state index contributed by atoms with van der Waals surface area (Å²) in [7, 11) is 0. The Morgan fingerprint density at radius 2 is 2.05 bits per heavy atom. The quantitative estimate of drug-likeness (QED) is 0.624. The number of carbonyl (C=O) groups is 3. The summed E-state index contributed by atoms with van der Waals surface area (Å²) < 4.78 is 0. The molecule has 2 rings (SSSR count). The Kier molecular flexibility index (Phi) is 3.94. The molecule has 2 amide bonds.